The van der Waals surface area contributed by atoms with Gasteiger partial charge in [0.05, 0.1) is 20.9 Å². The van der Waals surface area contributed by atoms with Gasteiger partial charge < -0.3 is 15.6 Å². The van der Waals surface area contributed by atoms with Crippen molar-refractivity contribution in [3.63, 3.8) is 0 Å². The maximum absolute atomic E-state index is 12.9. The first-order chi connectivity index (χ1) is 18.8. The Hall–Kier alpha value is -5.91. The molecule has 0 spiro atoms. The van der Waals surface area contributed by atoms with E-state index in [2.05, 4.69) is 20.6 Å². The highest BCUT2D eigenvalue weighted by atomic mass is 16.6. The number of amides is 2. The Kier molecular flexibility index (Phi) is 6.49. The largest absolute Gasteiger partial charge is 0.338 e. The van der Waals surface area contributed by atoms with Gasteiger partial charge in [-0.25, -0.2) is 4.98 Å². The lowest BCUT2D eigenvalue weighted by Gasteiger charge is -2.12. The van der Waals surface area contributed by atoms with E-state index in [9.17, 15) is 29.8 Å². The molecule has 5 aromatic rings. The van der Waals surface area contributed by atoms with E-state index >= 15 is 0 Å². The average molecular weight is 522 g/mol. The predicted octanol–water partition coefficient (Wildman–Crippen LogP) is 5.55. The zero-order valence-electron chi connectivity index (χ0n) is 20.0. The number of nitro groups is 2. The highest BCUT2D eigenvalue weighted by Crippen LogP contribution is 2.28. The Bertz CT molecular complexity index is 1660. The summed E-state index contributed by atoms with van der Waals surface area (Å²) in [6.45, 7) is 0. The van der Waals surface area contributed by atoms with Crippen LogP contribution in [0.5, 0.6) is 0 Å². The fraction of sp³-hybridized carbons (Fsp3) is 0. The number of aromatic nitrogens is 2. The molecule has 0 bridgehead atoms. The van der Waals surface area contributed by atoms with E-state index in [1.165, 1.54) is 42.5 Å². The topological polar surface area (TPSA) is 173 Å². The first kappa shape index (κ1) is 24.8. The Labute approximate surface area is 219 Å². The molecule has 2 amide bonds. The van der Waals surface area contributed by atoms with Crippen molar-refractivity contribution in [3.05, 3.63) is 122 Å². The van der Waals surface area contributed by atoms with E-state index in [4.69, 9.17) is 0 Å². The summed E-state index contributed by atoms with van der Waals surface area (Å²) in [5.41, 5.74) is 2.24. The third kappa shape index (κ3) is 5.44. The van der Waals surface area contributed by atoms with Crippen molar-refractivity contribution < 1.29 is 19.4 Å². The number of imidazole rings is 1. The van der Waals surface area contributed by atoms with Crippen LogP contribution >= 0.6 is 0 Å². The molecule has 0 radical (unpaired) electrons. The van der Waals surface area contributed by atoms with E-state index in [1.54, 1.807) is 12.1 Å². The van der Waals surface area contributed by atoms with Gasteiger partial charge in [-0.1, -0.05) is 24.3 Å². The number of carbonyl (C=O) groups is 2. The van der Waals surface area contributed by atoms with Gasteiger partial charge in [0.2, 0.25) is 0 Å². The van der Waals surface area contributed by atoms with E-state index < -0.39 is 21.7 Å². The molecule has 12 heteroatoms. The van der Waals surface area contributed by atoms with E-state index in [-0.39, 0.29) is 33.9 Å². The molecule has 4 aromatic carbocycles. The number of non-ortho nitro benzene ring substituents is 2. The molecule has 0 aliphatic carbocycles. The van der Waals surface area contributed by atoms with Gasteiger partial charge in [-0.2, -0.15) is 0 Å². The van der Waals surface area contributed by atoms with Crippen molar-refractivity contribution in [3.8, 4) is 11.4 Å². The second-order valence-electron chi connectivity index (χ2n) is 8.42. The molecule has 0 saturated heterocycles. The minimum Gasteiger partial charge on any atom is -0.338 e. The standard InChI is InChI=1S/C27H18N6O6/c34-26(16-5-3-7-21(13-16)32(36)37)28-19-11-18(25-30-23-9-1-2-10-24(23)31-25)12-20(15-19)29-27(35)17-6-4-8-22(14-17)33(38)39/h1-15H,(H,28,34)(H,29,35)(H,30,31). The predicted molar refractivity (Wildman–Crippen MR) is 144 cm³/mol. The zero-order valence-corrected chi connectivity index (χ0v) is 20.0. The third-order valence-electron chi connectivity index (χ3n) is 5.75. The number of anilines is 2. The quantitative estimate of drug-likeness (QED) is 0.185. The fourth-order valence-corrected chi connectivity index (χ4v) is 3.93. The number of carbonyl (C=O) groups excluding carboxylic acids is 2. The van der Waals surface area contributed by atoms with Crippen LogP contribution in [0.25, 0.3) is 22.4 Å². The van der Waals surface area contributed by atoms with Crippen molar-refractivity contribution in [1.29, 1.82) is 0 Å². The minimum absolute atomic E-state index is 0.0699. The molecule has 1 aromatic heterocycles. The van der Waals surface area contributed by atoms with E-state index in [1.807, 2.05) is 24.3 Å². The lowest BCUT2D eigenvalue weighted by Crippen LogP contribution is -2.14. The van der Waals surface area contributed by atoms with Gasteiger partial charge >= 0.3 is 0 Å². The summed E-state index contributed by atoms with van der Waals surface area (Å²) < 4.78 is 0. The average Bonchev–Trinajstić information content (AvgIpc) is 3.37. The van der Waals surface area contributed by atoms with Gasteiger partial charge in [0.1, 0.15) is 5.82 Å². The summed E-state index contributed by atoms with van der Waals surface area (Å²) in [6, 6.07) is 22.7. The first-order valence-corrected chi connectivity index (χ1v) is 11.5. The fourth-order valence-electron chi connectivity index (χ4n) is 3.93. The molecule has 0 aliphatic heterocycles. The number of nitrogens with one attached hydrogen (secondary N) is 3. The van der Waals surface area contributed by atoms with Gasteiger partial charge in [-0.3, -0.25) is 29.8 Å². The minimum atomic E-state index is -0.601. The Morgan fingerprint density at radius 3 is 1.74 bits per heavy atom. The summed E-state index contributed by atoms with van der Waals surface area (Å²) in [7, 11) is 0. The van der Waals surface area contributed by atoms with Crippen molar-refractivity contribution in [2.75, 3.05) is 10.6 Å². The number of nitrogens with zero attached hydrogens (tertiary/aromatic N) is 3. The van der Waals surface area contributed by atoms with Crippen LogP contribution in [0.3, 0.4) is 0 Å². The molecule has 12 nitrogen and oxygen atoms in total. The molecular formula is C27H18N6O6. The summed E-state index contributed by atoms with van der Waals surface area (Å²) >= 11 is 0. The maximum Gasteiger partial charge on any atom is 0.270 e. The van der Waals surface area contributed by atoms with Crippen LogP contribution in [0.4, 0.5) is 22.7 Å². The molecule has 5 rings (SSSR count). The van der Waals surface area contributed by atoms with Crippen molar-refractivity contribution in [2.24, 2.45) is 0 Å². The summed E-state index contributed by atoms with van der Waals surface area (Å²) in [6.07, 6.45) is 0. The first-order valence-electron chi connectivity index (χ1n) is 11.5. The Morgan fingerprint density at radius 1 is 0.692 bits per heavy atom. The smallest absolute Gasteiger partial charge is 0.270 e. The Morgan fingerprint density at radius 2 is 1.23 bits per heavy atom. The van der Waals surface area contributed by atoms with Gasteiger partial charge in [0.15, 0.2) is 0 Å². The number of nitro benzene ring substituents is 2. The lowest BCUT2D eigenvalue weighted by molar-refractivity contribution is -0.385. The molecule has 192 valence electrons. The summed E-state index contributed by atoms with van der Waals surface area (Å²) in [5.74, 6) is -0.735. The molecule has 0 atom stereocenters. The number of aromatic amines is 1. The van der Waals surface area contributed by atoms with Gasteiger partial charge in [0.25, 0.3) is 23.2 Å². The molecular weight excluding hydrogens is 504 g/mol. The van der Waals surface area contributed by atoms with Gasteiger partial charge in [-0.15, -0.1) is 0 Å². The van der Waals surface area contributed by atoms with Crippen molar-refractivity contribution in [2.45, 2.75) is 0 Å². The second kappa shape index (κ2) is 10.2. The molecule has 1 heterocycles. The van der Waals surface area contributed by atoms with E-state index in [0.29, 0.717) is 16.9 Å². The highest BCUT2D eigenvalue weighted by molar-refractivity contribution is 6.07. The zero-order chi connectivity index (χ0) is 27.5. The maximum atomic E-state index is 12.9. The van der Waals surface area contributed by atoms with Crippen LogP contribution in [-0.2, 0) is 0 Å². The molecule has 0 fully saturated rings. The van der Waals surface area contributed by atoms with E-state index in [0.717, 1.165) is 17.6 Å². The molecule has 0 unspecified atom stereocenters. The molecule has 3 N–H and O–H groups in total. The second-order valence-corrected chi connectivity index (χ2v) is 8.42. The number of rotatable bonds is 7. The van der Waals surface area contributed by atoms with Crippen molar-refractivity contribution in [1.82, 2.24) is 9.97 Å². The number of H-pyrrole nitrogens is 1. The van der Waals surface area contributed by atoms with Crippen LogP contribution in [-0.4, -0.2) is 31.6 Å². The van der Waals surface area contributed by atoms with Crippen LogP contribution in [0, 0.1) is 20.2 Å². The lowest BCUT2D eigenvalue weighted by atomic mass is 10.1. The number of hydrogen-bond acceptors (Lipinski definition) is 7. The Balaban J connectivity index is 1.51. The SMILES string of the molecule is O=C(Nc1cc(NC(=O)c2cccc([N+](=O)[O-])c2)cc(-c2nc3ccccc3[nH]2)c1)c1cccc([N+](=O)[O-])c1. The molecule has 0 saturated carbocycles. The van der Waals surface area contributed by atoms with Gasteiger partial charge in [0, 0.05) is 52.3 Å². The number of fused-ring (bicyclic) bond motifs is 1. The van der Waals surface area contributed by atoms with Gasteiger partial charge in [-0.05, 0) is 42.5 Å². The number of para-hydroxylation sites is 2. The summed E-state index contributed by atoms with van der Waals surface area (Å²) in [5, 5.41) is 27.6. The van der Waals surface area contributed by atoms with Crippen LogP contribution in [0.15, 0.2) is 91.0 Å². The molecule has 39 heavy (non-hydrogen) atoms. The van der Waals surface area contributed by atoms with Crippen LogP contribution in [0.1, 0.15) is 20.7 Å². The van der Waals surface area contributed by atoms with Crippen LogP contribution in [0.2, 0.25) is 0 Å². The molecule has 0 aliphatic rings. The number of hydrogen-bond donors (Lipinski definition) is 3. The number of benzene rings is 4. The van der Waals surface area contributed by atoms with Crippen LogP contribution < -0.4 is 10.6 Å². The normalized spacial score (nSPS) is 10.7. The monoisotopic (exact) mass is 522 g/mol. The van der Waals surface area contributed by atoms with Crippen molar-refractivity contribution >= 4 is 45.6 Å². The highest BCUT2D eigenvalue weighted by Gasteiger charge is 2.16. The summed E-state index contributed by atoms with van der Waals surface area (Å²) in [4.78, 5) is 54.7. The third-order valence-corrected chi connectivity index (χ3v) is 5.75.